The van der Waals surface area contributed by atoms with Crippen molar-refractivity contribution in [1.82, 2.24) is 0 Å². The molecule has 0 atom stereocenters. The van der Waals surface area contributed by atoms with Crippen molar-refractivity contribution in [2.45, 2.75) is 32.6 Å². The van der Waals surface area contributed by atoms with Gasteiger partial charge < -0.3 is 0 Å². The van der Waals surface area contributed by atoms with E-state index in [2.05, 4.69) is 6.58 Å². The van der Waals surface area contributed by atoms with Crippen molar-refractivity contribution >= 4 is 5.78 Å². The molecule has 1 rings (SSSR count). The molecule has 0 spiro atoms. The van der Waals surface area contributed by atoms with Gasteiger partial charge in [-0.3, -0.25) is 4.79 Å². The SMILES string of the molecule is C=C(C)/C=C\C=C1/CCCCC1=O. The summed E-state index contributed by atoms with van der Waals surface area (Å²) in [5, 5.41) is 0. The lowest BCUT2D eigenvalue weighted by Crippen LogP contribution is -2.07. The summed E-state index contributed by atoms with van der Waals surface area (Å²) in [5.41, 5.74) is 1.99. The van der Waals surface area contributed by atoms with Crippen LogP contribution in [0.25, 0.3) is 0 Å². The molecule has 1 aliphatic rings. The fourth-order valence-electron chi connectivity index (χ4n) is 1.41. The molecule has 0 aliphatic heterocycles. The molecule has 0 amide bonds. The van der Waals surface area contributed by atoms with Gasteiger partial charge in [-0.2, -0.15) is 0 Å². The Kier molecular flexibility index (Phi) is 3.69. The molecule has 1 fully saturated rings. The van der Waals surface area contributed by atoms with Gasteiger partial charge in [0.15, 0.2) is 5.78 Å². The largest absolute Gasteiger partial charge is 0.295 e. The van der Waals surface area contributed by atoms with Gasteiger partial charge in [-0.1, -0.05) is 30.4 Å². The molecule has 1 saturated carbocycles. The van der Waals surface area contributed by atoms with Crippen molar-refractivity contribution in [3.05, 3.63) is 36.0 Å². The number of rotatable bonds is 2. The van der Waals surface area contributed by atoms with Crippen LogP contribution in [0.15, 0.2) is 36.0 Å². The Balaban J connectivity index is 2.58. The summed E-state index contributed by atoms with van der Waals surface area (Å²) in [7, 11) is 0. The average Bonchev–Trinajstić information content (AvgIpc) is 2.08. The average molecular weight is 176 g/mol. The highest BCUT2D eigenvalue weighted by Crippen LogP contribution is 2.19. The topological polar surface area (TPSA) is 17.1 Å². The normalized spacial score (nSPS) is 21.3. The van der Waals surface area contributed by atoms with Gasteiger partial charge in [-0.05, 0) is 31.8 Å². The summed E-state index contributed by atoms with van der Waals surface area (Å²) in [6.45, 7) is 5.70. The number of allylic oxidation sites excluding steroid dienone is 5. The summed E-state index contributed by atoms with van der Waals surface area (Å²) >= 11 is 0. The summed E-state index contributed by atoms with van der Waals surface area (Å²) in [5.74, 6) is 0.317. The lowest BCUT2D eigenvalue weighted by Gasteiger charge is -2.11. The van der Waals surface area contributed by atoms with E-state index in [0.717, 1.165) is 36.8 Å². The summed E-state index contributed by atoms with van der Waals surface area (Å²) < 4.78 is 0. The predicted octanol–water partition coefficient (Wildman–Crippen LogP) is 3.19. The maximum Gasteiger partial charge on any atom is 0.158 e. The third-order valence-corrected chi connectivity index (χ3v) is 2.14. The van der Waals surface area contributed by atoms with Crippen LogP contribution in [0.3, 0.4) is 0 Å². The molecule has 70 valence electrons. The maximum absolute atomic E-state index is 11.3. The highest BCUT2D eigenvalue weighted by atomic mass is 16.1. The Morgan fingerprint density at radius 3 is 2.69 bits per heavy atom. The van der Waals surface area contributed by atoms with E-state index in [-0.39, 0.29) is 0 Å². The minimum Gasteiger partial charge on any atom is -0.295 e. The van der Waals surface area contributed by atoms with E-state index in [0.29, 0.717) is 5.78 Å². The Labute approximate surface area is 79.8 Å². The first-order chi connectivity index (χ1) is 6.20. The molecule has 13 heavy (non-hydrogen) atoms. The Hall–Kier alpha value is -1.11. The molecular weight excluding hydrogens is 160 g/mol. The molecule has 0 heterocycles. The monoisotopic (exact) mass is 176 g/mol. The van der Waals surface area contributed by atoms with Crippen molar-refractivity contribution in [1.29, 1.82) is 0 Å². The van der Waals surface area contributed by atoms with Crippen molar-refractivity contribution in [3.63, 3.8) is 0 Å². The molecule has 0 saturated heterocycles. The summed E-state index contributed by atoms with van der Waals surface area (Å²) in [6, 6.07) is 0. The van der Waals surface area contributed by atoms with Crippen LogP contribution in [0, 0.1) is 0 Å². The van der Waals surface area contributed by atoms with E-state index in [1.165, 1.54) is 0 Å². The molecule has 1 aliphatic carbocycles. The van der Waals surface area contributed by atoms with Gasteiger partial charge in [-0.15, -0.1) is 0 Å². The minimum absolute atomic E-state index is 0.317. The molecule has 0 aromatic rings. The zero-order valence-electron chi connectivity index (χ0n) is 8.18. The van der Waals surface area contributed by atoms with Gasteiger partial charge in [0, 0.05) is 6.42 Å². The fourth-order valence-corrected chi connectivity index (χ4v) is 1.41. The maximum atomic E-state index is 11.3. The van der Waals surface area contributed by atoms with Crippen LogP contribution in [0.1, 0.15) is 32.6 Å². The minimum atomic E-state index is 0.317. The van der Waals surface area contributed by atoms with Crippen molar-refractivity contribution in [2.75, 3.05) is 0 Å². The number of Topliss-reactive ketones (excluding diaryl/α,β-unsaturated/α-hetero) is 1. The van der Waals surface area contributed by atoms with Gasteiger partial charge in [-0.25, -0.2) is 0 Å². The van der Waals surface area contributed by atoms with Gasteiger partial charge >= 0.3 is 0 Å². The summed E-state index contributed by atoms with van der Waals surface area (Å²) in [6.07, 6.45) is 9.65. The molecule has 0 aromatic carbocycles. The molecule has 0 N–H and O–H groups in total. The number of hydrogen-bond acceptors (Lipinski definition) is 1. The fraction of sp³-hybridized carbons (Fsp3) is 0.417. The van der Waals surface area contributed by atoms with Crippen molar-refractivity contribution < 1.29 is 4.79 Å². The van der Waals surface area contributed by atoms with Crippen LogP contribution in [-0.2, 0) is 4.79 Å². The highest BCUT2D eigenvalue weighted by Gasteiger charge is 2.13. The third-order valence-electron chi connectivity index (χ3n) is 2.14. The summed E-state index contributed by atoms with van der Waals surface area (Å²) in [4.78, 5) is 11.3. The van der Waals surface area contributed by atoms with E-state index >= 15 is 0 Å². The van der Waals surface area contributed by atoms with Crippen molar-refractivity contribution in [2.24, 2.45) is 0 Å². The van der Waals surface area contributed by atoms with Crippen LogP contribution in [-0.4, -0.2) is 5.78 Å². The van der Waals surface area contributed by atoms with Crippen LogP contribution < -0.4 is 0 Å². The zero-order valence-corrected chi connectivity index (χ0v) is 8.18. The molecule has 0 bridgehead atoms. The van der Waals surface area contributed by atoms with Crippen molar-refractivity contribution in [3.8, 4) is 0 Å². The number of carbonyl (C=O) groups is 1. The van der Waals surface area contributed by atoms with E-state index in [1.807, 2.05) is 25.2 Å². The van der Waals surface area contributed by atoms with E-state index in [9.17, 15) is 4.79 Å². The lowest BCUT2D eigenvalue weighted by molar-refractivity contribution is -0.116. The molecule has 1 heteroatoms. The molecule has 0 aromatic heterocycles. The number of ketones is 1. The second-order valence-electron chi connectivity index (χ2n) is 3.53. The molecule has 0 unspecified atom stereocenters. The van der Waals surface area contributed by atoms with Gasteiger partial charge in [0.05, 0.1) is 0 Å². The standard InChI is InChI=1S/C12H16O/c1-10(2)6-5-8-11-7-3-4-9-12(11)13/h5-6,8H,1,3-4,7,9H2,2H3/b6-5-,11-8+. The van der Waals surface area contributed by atoms with Gasteiger partial charge in [0.25, 0.3) is 0 Å². The Morgan fingerprint density at radius 1 is 1.38 bits per heavy atom. The van der Waals surface area contributed by atoms with E-state index in [1.54, 1.807) is 0 Å². The zero-order chi connectivity index (χ0) is 9.68. The van der Waals surface area contributed by atoms with Crippen LogP contribution in [0.2, 0.25) is 0 Å². The quantitative estimate of drug-likeness (QED) is 0.466. The highest BCUT2D eigenvalue weighted by molar-refractivity contribution is 5.96. The van der Waals surface area contributed by atoms with Crippen LogP contribution >= 0.6 is 0 Å². The predicted molar refractivity (Wildman–Crippen MR) is 55.5 cm³/mol. The van der Waals surface area contributed by atoms with Crippen LogP contribution in [0.4, 0.5) is 0 Å². The first-order valence-corrected chi connectivity index (χ1v) is 4.76. The van der Waals surface area contributed by atoms with E-state index in [4.69, 9.17) is 0 Å². The Morgan fingerprint density at radius 2 is 2.08 bits per heavy atom. The second kappa shape index (κ2) is 4.80. The van der Waals surface area contributed by atoms with Gasteiger partial charge in [0.2, 0.25) is 0 Å². The smallest absolute Gasteiger partial charge is 0.158 e. The lowest BCUT2D eigenvalue weighted by atomic mass is 9.93. The third kappa shape index (κ3) is 3.41. The van der Waals surface area contributed by atoms with Gasteiger partial charge in [0.1, 0.15) is 0 Å². The number of carbonyl (C=O) groups excluding carboxylic acids is 1. The van der Waals surface area contributed by atoms with E-state index < -0.39 is 0 Å². The molecule has 0 radical (unpaired) electrons. The first kappa shape index (κ1) is 9.97. The van der Waals surface area contributed by atoms with Crippen LogP contribution in [0.5, 0.6) is 0 Å². The molecular formula is C12H16O. The first-order valence-electron chi connectivity index (χ1n) is 4.76. The Bertz CT molecular complexity index is 269. The molecule has 1 nitrogen and oxygen atoms in total. The second-order valence-corrected chi connectivity index (χ2v) is 3.53. The number of hydrogen-bond donors (Lipinski definition) is 0.